The molecule has 0 aliphatic heterocycles. The molecule has 0 aliphatic rings. The number of aromatic hydroxyl groups is 1. The van der Waals surface area contributed by atoms with Crippen LogP contribution in [0.1, 0.15) is 29.2 Å². The third kappa shape index (κ3) is 4.68. The maximum Gasteiger partial charge on any atom is 0.221 e. The van der Waals surface area contributed by atoms with Gasteiger partial charge in [0.25, 0.3) is 0 Å². The minimum Gasteiger partial charge on any atom is -0.505 e. The summed E-state index contributed by atoms with van der Waals surface area (Å²) in [4.78, 5) is 17.2. The third-order valence-corrected chi connectivity index (χ3v) is 5.68. The molecule has 0 saturated carbocycles. The molecule has 32 heavy (non-hydrogen) atoms. The topological polar surface area (TPSA) is 71.5 Å². The monoisotopic (exact) mass is 446 g/mol. The second kappa shape index (κ2) is 9.71. The number of benzene rings is 3. The molecule has 162 valence electrons. The van der Waals surface area contributed by atoms with Crippen molar-refractivity contribution in [3.63, 3.8) is 0 Å². The molecule has 4 rings (SSSR count). The Morgan fingerprint density at radius 3 is 2.69 bits per heavy atom. The van der Waals surface area contributed by atoms with E-state index in [0.29, 0.717) is 40.1 Å². The molecule has 0 radical (unpaired) electrons. The van der Waals surface area contributed by atoms with Gasteiger partial charge in [-0.25, -0.2) is 0 Å². The Morgan fingerprint density at radius 1 is 1.09 bits per heavy atom. The smallest absolute Gasteiger partial charge is 0.221 e. The number of phenols is 1. The second-order valence-corrected chi connectivity index (χ2v) is 7.87. The van der Waals surface area contributed by atoms with Gasteiger partial charge < -0.3 is 15.2 Å². The molecule has 0 spiro atoms. The van der Waals surface area contributed by atoms with Crippen LogP contribution < -0.4 is 10.1 Å². The maximum absolute atomic E-state index is 12.9. The van der Waals surface area contributed by atoms with Crippen molar-refractivity contribution in [1.29, 1.82) is 0 Å². The van der Waals surface area contributed by atoms with E-state index in [1.807, 2.05) is 54.6 Å². The molecule has 0 fully saturated rings. The Hall–Kier alpha value is -3.57. The number of aryl methyl sites for hydroxylation is 1. The Morgan fingerprint density at radius 2 is 1.91 bits per heavy atom. The van der Waals surface area contributed by atoms with Gasteiger partial charge in [0.05, 0.1) is 18.2 Å². The summed E-state index contributed by atoms with van der Waals surface area (Å²) in [7, 11) is 1.58. The normalized spacial score (nSPS) is 11.8. The second-order valence-electron chi connectivity index (χ2n) is 7.46. The van der Waals surface area contributed by atoms with Crippen LogP contribution in [0.25, 0.3) is 10.9 Å². The van der Waals surface area contributed by atoms with Gasteiger partial charge in [0.15, 0.2) is 0 Å². The highest BCUT2D eigenvalue weighted by atomic mass is 35.5. The zero-order chi connectivity index (χ0) is 22.5. The molecule has 0 saturated heterocycles. The molecule has 2 N–H and O–H groups in total. The van der Waals surface area contributed by atoms with Gasteiger partial charge in [0, 0.05) is 23.6 Å². The molecular formula is C26H23ClN2O3. The Balaban J connectivity index is 1.70. The molecule has 1 atom stereocenters. The fourth-order valence-corrected chi connectivity index (χ4v) is 3.99. The minimum atomic E-state index is -0.628. The molecule has 1 amide bonds. The van der Waals surface area contributed by atoms with Crippen molar-refractivity contribution in [2.75, 3.05) is 7.11 Å². The predicted molar refractivity (Wildman–Crippen MR) is 126 cm³/mol. The van der Waals surface area contributed by atoms with E-state index in [4.69, 9.17) is 16.3 Å². The summed E-state index contributed by atoms with van der Waals surface area (Å²) in [5.41, 5.74) is 2.71. The number of ether oxygens (including phenoxy) is 1. The molecule has 5 nitrogen and oxygen atoms in total. The van der Waals surface area contributed by atoms with E-state index in [-0.39, 0.29) is 11.7 Å². The van der Waals surface area contributed by atoms with Crippen LogP contribution in [0.2, 0.25) is 5.02 Å². The Labute approximate surface area is 191 Å². The van der Waals surface area contributed by atoms with Crippen LogP contribution in [0.3, 0.4) is 0 Å². The van der Waals surface area contributed by atoms with Gasteiger partial charge in [-0.3, -0.25) is 9.78 Å². The summed E-state index contributed by atoms with van der Waals surface area (Å²) >= 11 is 6.51. The zero-order valence-corrected chi connectivity index (χ0v) is 18.3. The van der Waals surface area contributed by atoms with E-state index in [2.05, 4.69) is 10.3 Å². The number of carbonyl (C=O) groups is 1. The van der Waals surface area contributed by atoms with E-state index in [1.165, 1.54) is 0 Å². The molecule has 3 aromatic carbocycles. The van der Waals surface area contributed by atoms with E-state index in [0.717, 1.165) is 11.1 Å². The molecule has 1 heterocycles. The molecule has 6 heteroatoms. The van der Waals surface area contributed by atoms with Crippen molar-refractivity contribution >= 4 is 28.4 Å². The number of nitrogens with zero attached hydrogens (tertiary/aromatic N) is 1. The van der Waals surface area contributed by atoms with Crippen LogP contribution in [0.5, 0.6) is 11.5 Å². The van der Waals surface area contributed by atoms with Crippen molar-refractivity contribution in [3.8, 4) is 11.5 Å². The number of hydrogen-bond donors (Lipinski definition) is 2. The lowest BCUT2D eigenvalue weighted by molar-refractivity contribution is -0.121. The van der Waals surface area contributed by atoms with Gasteiger partial charge >= 0.3 is 0 Å². The van der Waals surface area contributed by atoms with E-state index in [9.17, 15) is 9.90 Å². The van der Waals surface area contributed by atoms with Crippen molar-refractivity contribution in [1.82, 2.24) is 10.3 Å². The fourth-order valence-electron chi connectivity index (χ4n) is 3.72. The van der Waals surface area contributed by atoms with Crippen LogP contribution in [0.4, 0.5) is 0 Å². The molecule has 0 bridgehead atoms. The third-order valence-electron chi connectivity index (χ3n) is 5.37. The van der Waals surface area contributed by atoms with Crippen molar-refractivity contribution < 1.29 is 14.6 Å². The lowest BCUT2D eigenvalue weighted by Gasteiger charge is -2.22. The molecule has 1 aromatic heterocycles. The summed E-state index contributed by atoms with van der Waals surface area (Å²) in [6, 6.07) is 21.8. The number of rotatable bonds is 7. The highest BCUT2D eigenvalue weighted by molar-refractivity contribution is 6.35. The number of pyridine rings is 1. The predicted octanol–water partition coefficient (Wildman–Crippen LogP) is 5.44. The van der Waals surface area contributed by atoms with Gasteiger partial charge in [-0.05, 0) is 47.9 Å². The number of phenolic OH excluding ortho intramolecular Hbond substituents is 1. The number of methoxy groups -OCH3 is 1. The number of hydrogen-bond acceptors (Lipinski definition) is 4. The minimum absolute atomic E-state index is 0.0128. The first kappa shape index (κ1) is 21.7. The fraction of sp³-hybridized carbons (Fsp3) is 0.154. The average molecular weight is 447 g/mol. The van der Waals surface area contributed by atoms with E-state index < -0.39 is 6.04 Å². The van der Waals surface area contributed by atoms with Crippen LogP contribution in [0.15, 0.2) is 79.0 Å². The first-order chi connectivity index (χ1) is 15.6. The lowest BCUT2D eigenvalue weighted by atomic mass is 9.95. The summed E-state index contributed by atoms with van der Waals surface area (Å²) in [5, 5.41) is 15.2. The summed E-state index contributed by atoms with van der Waals surface area (Å²) < 4.78 is 5.36. The first-order valence-corrected chi connectivity index (χ1v) is 10.7. The van der Waals surface area contributed by atoms with Crippen molar-refractivity contribution in [2.24, 2.45) is 0 Å². The molecule has 4 aromatic rings. The Kier molecular flexibility index (Phi) is 6.57. The van der Waals surface area contributed by atoms with Crippen molar-refractivity contribution in [3.05, 3.63) is 101 Å². The van der Waals surface area contributed by atoms with Crippen LogP contribution in [0, 0.1) is 0 Å². The van der Waals surface area contributed by atoms with Gasteiger partial charge in [-0.15, -0.1) is 0 Å². The summed E-state index contributed by atoms with van der Waals surface area (Å²) in [6.45, 7) is 0. The van der Waals surface area contributed by atoms with Crippen LogP contribution in [-0.2, 0) is 11.2 Å². The lowest BCUT2D eigenvalue weighted by Crippen LogP contribution is -2.29. The number of halogens is 1. The Bertz CT molecular complexity index is 1240. The number of fused-ring (bicyclic) bond motifs is 1. The van der Waals surface area contributed by atoms with E-state index in [1.54, 1.807) is 31.5 Å². The molecule has 1 unspecified atom stereocenters. The number of carbonyl (C=O) groups excluding carboxylic acids is 1. The van der Waals surface area contributed by atoms with Gasteiger partial charge in [0.1, 0.15) is 17.0 Å². The summed E-state index contributed by atoms with van der Waals surface area (Å²) in [5.74, 6) is 0.495. The van der Waals surface area contributed by atoms with Crippen LogP contribution >= 0.6 is 11.6 Å². The van der Waals surface area contributed by atoms with Crippen molar-refractivity contribution in [2.45, 2.75) is 18.9 Å². The quantitative estimate of drug-likeness (QED) is 0.396. The number of aromatic nitrogens is 1. The zero-order valence-electron chi connectivity index (χ0n) is 17.6. The number of nitrogens with one attached hydrogen (secondary N) is 1. The first-order valence-electron chi connectivity index (χ1n) is 10.3. The maximum atomic E-state index is 12.9. The molecule has 0 aliphatic carbocycles. The van der Waals surface area contributed by atoms with Gasteiger partial charge in [-0.2, -0.15) is 0 Å². The van der Waals surface area contributed by atoms with Gasteiger partial charge in [0.2, 0.25) is 5.91 Å². The summed E-state index contributed by atoms with van der Waals surface area (Å²) in [6.07, 6.45) is 2.52. The SMILES string of the molecule is COc1cccc(C(NC(=O)CCc2ccccc2)c2cc(Cl)c3cccnc3c2O)c1. The van der Waals surface area contributed by atoms with Crippen LogP contribution in [-0.4, -0.2) is 23.1 Å². The number of amides is 1. The largest absolute Gasteiger partial charge is 0.505 e. The van der Waals surface area contributed by atoms with E-state index >= 15 is 0 Å². The molecular weight excluding hydrogens is 424 g/mol. The highest BCUT2D eigenvalue weighted by Crippen LogP contribution is 2.38. The standard InChI is InChI=1S/C26H23ClN2O3/c1-32-19-10-5-9-18(15-19)24(29-23(30)13-12-17-7-3-2-4-8-17)21-16-22(27)20-11-6-14-28-25(20)26(21)31/h2-11,14-16,24,31H,12-13H2,1H3,(H,29,30). The highest BCUT2D eigenvalue weighted by Gasteiger charge is 2.23. The average Bonchev–Trinajstić information content (AvgIpc) is 2.84. The van der Waals surface area contributed by atoms with Gasteiger partial charge in [-0.1, -0.05) is 54.1 Å².